The SMILES string of the molecule is C1CCCC1.C[C@H](C1CCCC1c1ccccc1P(c1ccccc1)c1ccccc1)P(C1CCCCC1)C1CCCCC1.[Fe]. The van der Waals surface area contributed by atoms with Crippen LogP contribution in [-0.2, 0) is 17.1 Å². The Morgan fingerprint density at radius 3 is 1.44 bits per heavy atom. The predicted octanol–water partition coefficient (Wildman–Crippen LogP) is 11.8. The van der Waals surface area contributed by atoms with Gasteiger partial charge in [-0.2, -0.15) is 0 Å². The Hall–Kier alpha value is -0.961. The second-order valence-electron chi connectivity index (χ2n) is 14.3. The molecule has 0 saturated heterocycles. The van der Waals surface area contributed by atoms with Crippen molar-refractivity contribution in [1.82, 2.24) is 0 Å². The van der Waals surface area contributed by atoms with Crippen LogP contribution in [0.15, 0.2) is 84.9 Å². The van der Waals surface area contributed by atoms with Gasteiger partial charge in [-0.3, -0.25) is 0 Å². The van der Waals surface area contributed by atoms with E-state index >= 15 is 0 Å². The van der Waals surface area contributed by atoms with Crippen molar-refractivity contribution in [2.75, 3.05) is 0 Å². The van der Waals surface area contributed by atoms with Crippen LogP contribution in [0.2, 0.25) is 0 Å². The van der Waals surface area contributed by atoms with Gasteiger partial charge in [0.15, 0.2) is 0 Å². The minimum Gasteiger partial charge on any atom is -0.0971 e. The molecule has 0 N–H and O–H groups in total. The first kappa shape index (κ1) is 35.3. The fraction of sp³-hybridized carbons (Fsp3) is 0.571. The topological polar surface area (TPSA) is 0 Å². The maximum absolute atomic E-state index is 2.75. The van der Waals surface area contributed by atoms with E-state index in [1.54, 1.807) is 10.9 Å². The van der Waals surface area contributed by atoms with Gasteiger partial charge < -0.3 is 0 Å². The zero-order valence-electron chi connectivity index (χ0n) is 27.9. The second-order valence-corrected chi connectivity index (χ2v) is 19.7. The summed E-state index contributed by atoms with van der Waals surface area (Å²) in [4.78, 5) is 0. The fourth-order valence-electron chi connectivity index (χ4n) is 9.36. The molecule has 45 heavy (non-hydrogen) atoms. The van der Waals surface area contributed by atoms with Crippen LogP contribution in [0.1, 0.15) is 134 Å². The summed E-state index contributed by atoms with van der Waals surface area (Å²) < 4.78 is 0. The van der Waals surface area contributed by atoms with E-state index in [1.165, 1.54) is 126 Å². The smallest absolute Gasteiger partial charge is 0 e. The molecule has 2 unspecified atom stereocenters. The van der Waals surface area contributed by atoms with Gasteiger partial charge >= 0.3 is 0 Å². The molecule has 0 radical (unpaired) electrons. The molecule has 0 aliphatic heterocycles. The van der Waals surface area contributed by atoms with Crippen LogP contribution in [0.5, 0.6) is 0 Å². The number of hydrogen-bond donors (Lipinski definition) is 0. The molecule has 0 spiro atoms. The minimum absolute atomic E-state index is 0. The standard InChI is InChI=1S/C37H48P2.C5H10.Fe/c1-29(38(30-17-6-2-7-18-30)31-19-8-3-9-20-31)34-26-16-27-35(34)36-25-14-15-28-37(36)39(32-21-10-4-11-22-32)33-23-12-5-13-24-33;1-2-4-5-3-1;/h4-5,10-15,21-25,28-31,34-35H,2-3,6-9,16-20,26-27H2,1H3;1-5H2;/t29-,34?,35?;;/m1../s1. The van der Waals surface area contributed by atoms with E-state index in [-0.39, 0.29) is 25.0 Å². The number of benzene rings is 3. The maximum atomic E-state index is 2.75. The largest absolute Gasteiger partial charge is 0.0971 e. The predicted molar refractivity (Wildman–Crippen MR) is 198 cm³/mol. The molecule has 244 valence electrons. The third-order valence-electron chi connectivity index (χ3n) is 11.5. The van der Waals surface area contributed by atoms with Gasteiger partial charge in [0.25, 0.3) is 0 Å². The summed E-state index contributed by atoms with van der Waals surface area (Å²) in [6.07, 6.45) is 26.9. The van der Waals surface area contributed by atoms with Crippen LogP contribution in [0.4, 0.5) is 0 Å². The Morgan fingerprint density at radius 1 is 0.489 bits per heavy atom. The van der Waals surface area contributed by atoms with Crippen LogP contribution < -0.4 is 15.9 Å². The second kappa shape index (κ2) is 18.5. The van der Waals surface area contributed by atoms with Crippen LogP contribution in [-0.4, -0.2) is 17.0 Å². The molecule has 3 aromatic rings. The molecule has 0 aromatic heterocycles. The van der Waals surface area contributed by atoms with Crippen molar-refractivity contribution in [1.29, 1.82) is 0 Å². The fourth-order valence-corrected chi connectivity index (χ4v) is 16.5. The van der Waals surface area contributed by atoms with Crippen molar-refractivity contribution in [3.8, 4) is 0 Å². The normalized spacial score (nSPS) is 23.4. The van der Waals surface area contributed by atoms with Gasteiger partial charge in [0.05, 0.1) is 0 Å². The molecule has 4 aliphatic carbocycles. The zero-order chi connectivity index (χ0) is 30.0. The van der Waals surface area contributed by atoms with E-state index in [1.807, 2.05) is 0 Å². The molecule has 7 rings (SSSR count). The summed E-state index contributed by atoms with van der Waals surface area (Å²) in [5, 5.41) is 4.59. The Morgan fingerprint density at radius 2 is 0.933 bits per heavy atom. The Labute approximate surface area is 289 Å². The van der Waals surface area contributed by atoms with Gasteiger partial charge in [-0.25, -0.2) is 0 Å². The molecule has 0 nitrogen and oxygen atoms in total. The van der Waals surface area contributed by atoms with Gasteiger partial charge in [-0.15, -0.1) is 0 Å². The molecule has 4 aliphatic rings. The first-order chi connectivity index (χ1) is 21.8. The molecule has 0 heterocycles. The van der Waals surface area contributed by atoms with Gasteiger partial charge in [-0.05, 0) is 96.7 Å². The molecular weight excluding hydrogens is 622 g/mol. The van der Waals surface area contributed by atoms with Crippen LogP contribution in [0, 0.1) is 5.92 Å². The molecule has 4 fully saturated rings. The average molecular weight is 681 g/mol. The summed E-state index contributed by atoms with van der Waals surface area (Å²) >= 11 is 0. The van der Waals surface area contributed by atoms with Crippen molar-refractivity contribution in [3.63, 3.8) is 0 Å². The van der Waals surface area contributed by atoms with Crippen LogP contribution >= 0.6 is 15.8 Å². The first-order valence-corrected chi connectivity index (χ1v) is 21.5. The van der Waals surface area contributed by atoms with E-state index in [4.69, 9.17) is 0 Å². The van der Waals surface area contributed by atoms with Crippen LogP contribution in [0.3, 0.4) is 0 Å². The van der Waals surface area contributed by atoms with E-state index in [9.17, 15) is 0 Å². The molecule has 3 aromatic carbocycles. The summed E-state index contributed by atoms with van der Waals surface area (Å²) in [6, 6.07) is 32.4. The van der Waals surface area contributed by atoms with Gasteiger partial charge in [-0.1, -0.05) is 177 Å². The van der Waals surface area contributed by atoms with Crippen LogP contribution in [0.25, 0.3) is 0 Å². The zero-order valence-corrected chi connectivity index (χ0v) is 30.8. The van der Waals surface area contributed by atoms with Gasteiger partial charge in [0.1, 0.15) is 0 Å². The molecule has 4 saturated carbocycles. The summed E-state index contributed by atoms with van der Waals surface area (Å²) in [6.45, 7) is 2.75. The van der Waals surface area contributed by atoms with E-state index in [2.05, 4.69) is 91.9 Å². The van der Waals surface area contributed by atoms with Crippen molar-refractivity contribution in [2.45, 2.75) is 145 Å². The van der Waals surface area contributed by atoms with Gasteiger partial charge in [0, 0.05) is 17.1 Å². The quantitative estimate of drug-likeness (QED) is 0.164. The Balaban J connectivity index is 0.000000609. The maximum Gasteiger partial charge on any atom is 0 e. The molecule has 3 heteroatoms. The van der Waals surface area contributed by atoms with Crippen molar-refractivity contribution < 1.29 is 17.1 Å². The van der Waals surface area contributed by atoms with E-state index < -0.39 is 7.92 Å². The molecule has 3 atom stereocenters. The van der Waals surface area contributed by atoms with E-state index in [0.29, 0.717) is 0 Å². The van der Waals surface area contributed by atoms with Crippen molar-refractivity contribution in [2.24, 2.45) is 5.92 Å². The van der Waals surface area contributed by atoms with Crippen molar-refractivity contribution in [3.05, 3.63) is 90.5 Å². The monoisotopic (exact) mass is 680 g/mol. The Kier molecular flexibility index (Phi) is 14.6. The molecule has 0 amide bonds. The first-order valence-electron chi connectivity index (χ1n) is 18.6. The summed E-state index contributed by atoms with van der Waals surface area (Å²) in [7, 11) is -0.449. The molecule has 0 bridgehead atoms. The van der Waals surface area contributed by atoms with E-state index in [0.717, 1.165) is 28.8 Å². The average Bonchev–Trinajstić information content (AvgIpc) is 3.84. The number of hydrogen-bond acceptors (Lipinski definition) is 0. The molecular formula is C42H58FeP2. The third-order valence-corrected chi connectivity index (χ3v) is 18.1. The Bertz CT molecular complexity index is 1160. The third kappa shape index (κ3) is 9.14. The summed E-state index contributed by atoms with van der Waals surface area (Å²) in [5.74, 6) is 1.59. The summed E-state index contributed by atoms with van der Waals surface area (Å²) in [5.41, 5.74) is 4.70. The minimum atomic E-state index is -0.556. The van der Waals surface area contributed by atoms with Crippen molar-refractivity contribution >= 4 is 31.8 Å². The van der Waals surface area contributed by atoms with Gasteiger partial charge in [0.2, 0.25) is 0 Å². The number of rotatable bonds is 8.